The van der Waals surface area contributed by atoms with Gasteiger partial charge in [-0.25, -0.2) is 8.78 Å². The van der Waals surface area contributed by atoms with Crippen molar-refractivity contribution in [3.63, 3.8) is 0 Å². The van der Waals surface area contributed by atoms with E-state index in [1.807, 2.05) is 14.0 Å². The van der Waals surface area contributed by atoms with Crippen molar-refractivity contribution in [1.82, 2.24) is 14.4 Å². The minimum atomic E-state index is -1.02. The number of nitrogens with zero attached hydrogens (tertiary/aromatic N) is 3. The predicted molar refractivity (Wildman–Crippen MR) is 117 cm³/mol. The minimum absolute atomic E-state index is 0.0279. The highest BCUT2D eigenvalue weighted by Gasteiger charge is 2.33. The lowest BCUT2D eigenvalue weighted by Gasteiger charge is -2.38. The second-order valence-corrected chi connectivity index (χ2v) is 8.30. The Kier molecular flexibility index (Phi) is 5.97. The molecular weight excluding hydrogens is 416 g/mol. The van der Waals surface area contributed by atoms with Gasteiger partial charge in [-0.3, -0.25) is 9.59 Å². The number of halogens is 2. The van der Waals surface area contributed by atoms with Crippen LogP contribution in [0.2, 0.25) is 0 Å². The van der Waals surface area contributed by atoms with E-state index in [2.05, 4.69) is 4.90 Å². The molecule has 0 aliphatic carbocycles. The SMILES string of the molecule is CCN(Cc1cc(F)ccc1-c1cn(CC(=O)O)c2ccc(F)cc12)C(=O)C1CN(C)C1. The maximum atomic E-state index is 14.2. The first kappa shape index (κ1) is 22.0. The highest BCUT2D eigenvalue weighted by Crippen LogP contribution is 2.34. The van der Waals surface area contributed by atoms with Crippen molar-refractivity contribution in [2.75, 3.05) is 26.7 Å². The summed E-state index contributed by atoms with van der Waals surface area (Å²) in [5, 5.41) is 9.81. The summed E-state index contributed by atoms with van der Waals surface area (Å²) in [7, 11) is 1.96. The van der Waals surface area contributed by atoms with Crippen LogP contribution in [0.5, 0.6) is 0 Å². The fourth-order valence-corrected chi connectivity index (χ4v) is 4.38. The van der Waals surface area contributed by atoms with Gasteiger partial charge in [0.25, 0.3) is 0 Å². The van der Waals surface area contributed by atoms with Crippen molar-refractivity contribution in [3.8, 4) is 11.1 Å². The maximum absolute atomic E-state index is 14.2. The Morgan fingerprint density at radius 3 is 2.44 bits per heavy atom. The summed E-state index contributed by atoms with van der Waals surface area (Å²) in [5.41, 5.74) is 2.40. The molecule has 0 unspecified atom stereocenters. The minimum Gasteiger partial charge on any atom is -0.480 e. The third kappa shape index (κ3) is 4.23. The molecular formula is C24H25F2N3O3. The Labute approximate surface area is 184 Å². The highest BCUT2D eigenvalue weighted by molar-refractivity contribution is 5.97. The van der Waals surface area contributed by atoms with Crippen LogP contribution in [0.15, 0.2) is 42.6 Å². The summed E-state index contributed by atoms with van der Waals surface area (Å²) >= 11 is 0. The van der Waals surface area contributed by atoms with Crippen molar-refractivity contribution in [2.45, 2.75) is 20.0 Å². The van der Waals surface area contributed by atoms with Gasteiger partial charge in [0, 0.05) is 48.8 Å². The Morgan fingerprint density at radius 2 is 1.78 bits per heavy atom. The number of rotatable bonds is 7. The van der Waals surface area contributed by atoms with E-state index in [4.69, 9.17) is 0 Å². The summed E-state index contributed by atoms with van der Waals surface area (Å²) in [6.07, 6.45) is 1.65. The Balaban J connectivity index is 1.77. The third-order valence-corrected chi connectivity index (χ3v) is 5.97. The van der Waals surface area contributed by atoms with Gasteiger partial charge in [0.15, 0.2) is 0 Å². The van der Waals surface area contributed by atoms with E-state index >= 15 is 0 Å². The smallest absolute Gasteiger partial charge is 0.323 e. The van der Waals surface area contributed by atoms with Crippen molar-refractivity contribution in [1.29, 1.82) is 0 Å². The summed E-state index contributed by atoms with van der Waals surface area (Å²) in [6, 6.07) is 8.47. The van der Waals surface area contributed by atoms with Gasteiger partial charge in [0.1, 0.15) is 18.2 Å². The topological polar surface area (TPSA) is 65.8 Å². The number of carboxylic acid groups (broad SMARTS) is 1. The highest BCUT2D eigenvalue weighted by atomic mass is 19.1. The molecule has 0 saturated carbocycles. The van der Waals surface area contributed by atoms with Gasteiger partial charge < -0.3 is 19.5 Å². The lowest BCUT2D eigenvalue weighted by Crippen LogP contribution is -2.52. The molecule has 1 fully saturated rings. The van der Waals surface area contributed by atoms with Crippen molar-refractivity contribution in [2.24, 2.45) is 5.92 Å². The molecule has 1 saturated heterocycles. The molecule has 1 aromatic heterocycles. The van der Waals surface area contributed by atoms with E-state index in [9.17, 15) is 23.5 Å². The van der Waals surface area contributed by atoms with E-state index in [1.165, 1.54) is 34.9 Å². The van der Waals surface area contributed by atoms with Gasteiger partial charge in [-0.15, -0.1) is 0 Å². The summed E-state index contributed by atoms with van der Waals surface area (Å²) in [4.78, 5) is 28.0. The first-order valence-electron chi connectivity index (χ1n) is 10.5. The van der Waals surface area contributed by atoms with Crippen LogP contribution in [0.1, 0.15) is 12.5 Å². The number of hydrogen-bond donors (Lipinski definition) is 1. The number of aromatic nitrogens is 1. The number of fused-ring (bicyclic) bond motifs is 1. The number of hydrogen-bond acceptors (Lipinski definition) is 3. The maximum Gasteiger partial charge on any atom is 0.323 e. The molecule has 168 valence electrons. The number of benzene rings is 2. The second-order valence-electron chi connectivity index (χ2n) is 8.30. The van der Waals surface area contributed by atoms with Crippen LogP contribution in [0.4, 0.5) is 8.78 Å². The molecule has 0 spiro atoms. The van der Waals surface area contributed by atoms with Gasteiger partial charge in [-0.2, -0.15) is 0 Å². The molecule has 1 N–H and O–H groups in total. The Bertz CT molecular complexity index is 1180. The van der Waals surface area contributed by atoms with Crippen molar-refractivity contribution in [3.05, 3.63) is 59.8 Å². The van der Waals surface area contributed by atoms with Gasteiger partial charge in [0.2, 0.25) is 5.91 Å². The molecule has 32 heavy (non-hydrogen) atoms. The first-order chi connectivity index (χ1) is 15.3. The van der Waals surface area contributed by atoms with Crippen LogP contribution >= 0.6 is 0 Å². The van der Waals surface area contributed by atoms with Crippen LogP contribution in [-0.4, -0.2) is 58.0 Å². The van der Waals surface area contributed by atoms with E-state index in [-0.39, 0.29) is 24.9 Å². The normalized spacial score (nSPS) is 14.5. The molecule has 2 aromatic carbocycles. The van der Waals surface area contributed by atoms with Crippen LogP contribution in [0, 0.1) is 17.6 Å². The largest absolute Gasteiger partial charge is 0.480 e. The molecule has 4 rings (SSSR count). The van der Waals surface area contributed by atoms with Crippen LogP contribution in [-0.2, 0) is 22.7 Å². The molecule has 0 radical (unpaired) electrons. The van der Waals surface area contributed by atoms with Gasteiger partial charge in [-0.05, 0) is 55.4 Å². The quantitative estimate of drug-likeness (QED) is 0.609. The van der Waals surface area contributed by atoms with E-state index in [0.717, 1.165) is 0 Å². The molecule has 0 atom stereocenters. The molecule has 6 nitrogen and oxygen atoms in total. The van der Waals surface area contributed by atoms with Crippen molar-refractivity contribution < 1.29 is 23.5 Å². The fourth-order valence-electron chi connectivity index (χ4n) is 4.38. The second kappa shape index (κ2) is 8.70. The lowest BCUT2D eigenvalue weighted by molar-refractivity contribution is -0.141. The molecule has 0 bridgehead atoms. The zero-order chi connectivity index (χ0) is 23.0. The predicted octanol–water partition coefficient (Wildman–Crippen LogP) is 3.58. The number of carboxylic acids is 1. The standard InChI is InChI=1S/C24H25F2N3O3/c1-3-28(24(32)16-10-27(2)11-16)12-15-8-17(25)4-6-19(15)21-13-29(14-23(30)31)22-7-5-18(26)9-20(21)22/h4-9,13,16H,3,10-12,14H2,1-2H3,(H,30,31). The molecule has 3 aromatic rings. The fraction of sp³-hybridized carbons (Fsp3) is 0.333. The monoisotopic (exact) mass is 441 g/mol. The van der Waals surface area contributed by atoms with Crippen molar-refractivity contribution >= 4 is 22.8 Å². The zero-order valence-corrected chi connectivity index (χ0v) is 18.0. The Morgan fingerprint density at radius 1 is 1.09 bits per heavy atom. The van der Waals surface area contributed by atoms with E-state index < -0.39 is 17.6 Å². The van der Waals surface area contributed by atoms with Gasteiger partial charge >= 0.3 is 5.97 Å². The first-order valence-corrected chi connectivity index (χ1v) is 10.5. The van der Waals surface area contributed by atoms with E-state index in [1.54, 1.807) is 17.2 Å². The number of likely N-dealkylation sites (tertiary alicyclic amines) is 1. The van der Waals surface area contributed by atoms with Crippen LogP contribution in [0.25, 0.3) is 22.0 Å². The Hall–Kier alpha value is -3.26. The number of carbonyl (C=O) groups is 2. The number of amides is 1. The van der Waals surface area contributed by atoms with Crippen LogP contribution in [0.3, 0.4) is 0 Å². The molecule has 1 amide bonds. The average Bonchev–Trinajstić information content (AvgIpc) is 3.05. The summed E-state index contributed by atoms with van der Waals surface area (Å²) in [6.45, 7) is 3.69. The molecule has 8 heteroatoms. The number of aliphatic carboxylic acids is 1. The molecule has 2 heterocycles. The lowest BCUT2D eigenvalue weighted by atomic mass is 9.96. The zero-order valence-electron chi connectivity index (χ0n) is 18.0. The van der Waals surface area contributed by atoms with Gasteiger partial charge in [-0.1, -0.05) is 6.07 Å². The third-order valence-electron chi connectivity index (χ3n) is 5.97. The molecule has 1 aliphatic heterocycles. The van der Waals surface area contributed by atoms with Crippen LogP contribution < -0.4 is 0 Å². The number of carbonyl (C=O) groups excluding carboxylic acids is 1. The van der Waals surface area contributed by atoms with Gasteiger partial charge in [0.05, 0.1) is 5.92 Å². The summed E-state index contributed by atoms with van der Waals surface area (Å²) < 4.78 is 29.8. The average molecular weight is 441 g/mol. The summed E-state index contributed by atoms with van der Waals surface area (Å²) in [5.74, 6) is -1.94. The molecule has 1 aliphatic rings. The van der Waals surface area contributed by atoms with E-state index in [0.29, 0.717) is 47.2 Å².